The van der Waals surface area contributed by atoms with Crippen LogP contribution < -0.4 is 14.4 Å². The average Bonchev–Trinajstić information content (AvgIpc) is 2.97. The molecule has 42 heavy (non-hydrogen) atoms. The monoisotopic (exact) mass is 613 g/mol. The number of hydrogen-bond donors (Lipinski definition) is 1. The highest BCUT2D eigenvalue weighted by Crippen LogP contribution is 2.32. The Labute approximate surface area is 254 Å². The van der Waals surface area contributed by atoms with Gasteiger partial charge < -0.3 is 15.0 Å². The minimum Gasteiger partial charge on any atom is -0.495 e. The van der Waals surface area contributed by atoms with Gasteiger partial charge in [-0.15, -0.1) is 0 Å². The van der Waals surface area contributed by atoms with E-state index in [4.69, 9.17) is 16.3 Å². The second-order valence-corrected chi connectivity index (χ2v) is 12.8. The molecule has 0 aromatic heterocycles. The zero-order valence-electron chi connectivity index (χ0n) is 24.8. The van der Waals surface area contributed by atoms with Crippen molar-refractivity contribution < 1.29 is 22.7 Å². The first kappa shape index (κ1) is 32.9. The Balaban J connectivity index is 2.03. The molecule has 3 aromatic rings. The van der Waals surface area contributed by atoms with Crippen molar-refractivity contribution in [1.29, 1.82) is 0 Å². The van der Waals surface area contributed by atoms with Gasteiger partial charge in [0.2, 0.25) is 11.8 Å². The minimum atomic E-state index is -4.19. The normalized spacial score (nSPS) is 12.1. The molecule has 0 saturated heterocycles. The number of carbonyl (C=O) groups is 2. The number of amides is 2. The second kappa shape index (κ2) is 15.1. The van der Waals surface area contributed by atoms with Crippen LogP contribution in [-0.4, -0.2) is 57.9 Å². The molecule has 0 bridgehead atoms. The third-order valence-electron chi connectivity index (χ3n) is 6.87. The third-order valence-corrected chi connectivity index (χ3v) is 8.95. The lowest BCUT2D eigenvalue weighted by Gasteiger charge is -2.33. The number of rotatable bonds is 14. The van der Waals surface area contributed by atoms with E-state index >= 15 is 0 Å². The fourth-order valence-corrected chi connectivity index (χ4v) is 6.15. The molecule has 3 rings (SSSR count). The molecule has 2 amide bonds. The standard InChI is InChI=1S/C32H40ClN3O5S/c1-6-29(32(38)34-21-23(2)3)35(19-18-25-10-8-7-9-11-25)31(37)22-36(26-14-17-30(41-5)28(33)20-26)42(39,40)27-15-12-24(4)13-16-27/h7-17,20,23,29H,6,18-19,21-22H2,1-5H3,(H,34,38). The Morgan fingerprint density at radius 2 is 1.67 bits per heavy atom. The quantitative estimate of drug-likeness (QED) is 0.260. The number of nitrogens with zero attached hydrogens (tertiary/aromatic N) is 2. The van der Waals surface area contributed by atoms with E-state index in [2.05, 4.69) is 5.32 Å². The van der Waals surface area contributed by atoms with Crippen LogP contribution in [0.3, 0.4) is 0 Å². The Morgan fingerprint density at radius 3 is 2.24 bits per heavy atom. The number of sulfonamides is 1. The molecule has 0 aliphatic rings. The number of hydrogen-bond acceptors (Lipinski definition) is 5. The molecule has 10 heteroatoms. The molecule has 8 nitrogen and oxygen atoms in total. The van der Waals surface area contributed by atoms with Gasteiger partial charge in [-0.25, -0.2) is 8.42 Å². The summed E-state index contributed by atoms with van der Waals surface area (Å²) in [5, 5.41) is 3.14. The smallest absolute Gasteiger partial charge is 0.264 e. The zero-order valence-corrected chi connectivity index (χ0v) is 26.4. The maximum atomic E-state index is 14.1. The summed E-state index contributed by atoms with van der Waals surface area (Å²) in [7, 11) is -2.73. The van der Waals surface area contributed by atoms with Gasteiger partial charge in [0.1, 0.15) is 18.3 Å². The van der Waals surface area contributed by atoms with Gasteiger partial charge in [-0.2, -0.15) is 0 Å². The van der Waals surface area contributed by atoms with Crippen LogP contribution in [0.15, 0.2) is 77.7 Å². The predicted molar refractivity (Wildman–Crippen MR) is 168 cm³/mol. The molecule has 0 aliphatic carbocycles. The minimum absolute atomic E-state index is 0.0328. The summed E-state index contributed by atoms with van der Waals surface area (Å²) in [5.74, 6) is -0.167. The van der Waals surface area contributed by atoms with E-state index in [-0.39, 0.29) is 34.0 Å². The Morgan fingerprint density at radius 1 is 1.00 bits per heavy atom. The lowest BCUT2D eigenvalue weighted by atomic mass is 10.1. The summed E-state index contributed by atoms with van der Waals surface area (Å²) in [6, 6.07) is 19.9. The number of aryl methyl sites for hydroxylation is 1. The van der Waals surface area contributed by atoms with Crippen molar-refractivity contribution in [3.05, 3.63) is 88.9 Å². The van der Waals surface area contributed by atoms with Crippen molar-refractivity contribution >= 4 is 39.1 Å². The molecular weight excluding hydrogens is 574 g/mol. The first-order valence-corrected chi connectivity index (χ1v) is 15.8. The molecule has 0 heterocycles. The highest BCUT2D eigenvalue weighted by molar-refractivity contribution is 7.92. The number of halogens is 1. The molecule has 0 radical (unpaired) electrons. The van der Waals surface area contributed by atoms with E-state index < -0.39 is 28.5 Å². The second-order valence-electron chi connectivity index (χ2n) is 10.5. The van der Waals surface area contributed by atoms with Crippen LogP contribution >= 0.6 is 11.6 Å². The average molecular weight is 614 g/mol. The van der Waals surface area contributed by atoms with Gasteiger partial charge in [-0.3, -0.25) is 13.9 Å². The summed E-state index contributed by atoms with van der Waals surface area (Å²) < 4.78 is 34.3. The van der Waals surface area contributed by atoms with Crippen molar-refractivity contribution in [2.24, 2.45) is 5.92 Å². The van der Waals surface area contributed by atoms with Crippen molar-refractivity contribution in [1.82, 2.24) is 10.2 Å². The van der Waals surface area contributed by atoms with Gasteiger partial charge in [0.25, 0.3) is 10.0 Å². The van der Waals surface area contributed by atoms with Crippen LogP contribution in [0.5, 0.6) is 5.75 Å². The topological polar surface area (TPSA) is 96.0 Å². The van der Waals surface area contributed by atoms with E-state index in [1.807, 2.05) is 58.0 Å². The number of methoxy groups -OCH3 is 1. The molecule has 0 spiro atoms. The van der Waals surface area contributed by atoms with Crippen LogP contribution in [0.1, 0.15) is 38.3 Å². The molecule has 0 aliphatic heterocycles. The molecule has 1 N–H and O–H groups in total. The fraction of sp³-hybridized carbons (Fsp3) is 0.375. The van der Waals surface area contributed by atoms with Crippen molar-refractivity contribution in [3.8, 4) is 5.75 Å². The highest BCUT2D eigenvalue weighted by atomic mass is 35.5. The van der Waals surface area contributed by atoms with E-state index in [1.54, 1.807) is 24.3 Å². The van der Waals surface area contributed by atoms with Gasteiger partial charge >= 0.3 is 0 Å². The maximum Gasteiger partial charge on any atom is 0.264 e. The van der Waals surface area contributed by atoms with Crippen molar-refractivity contribution in [3.63, 3.8) is 0 Å². The van der Waals surface area contributed by atoms with Crippen LogP contribution in [0.4, 0.5) is 5.69 Å². The molecule has 0 fully saturated rings. The molecule has 226 valence electrons. The summed E-state index contributed by atoms with van der Waals surface area (Å²) in [4.78, 5) is 28.9. The van der Waals surface area contributed by atoms with Gasteiger partial charge in [0.15, 0.2) is 0 Å². The fourth-order valence-electron chi connectivity index (χ4n) is 4.50. The molecular formula is C32H40ClN3O5S. The third kappa shape index (κ3) is 8.49. The summed E-state index contributed by atoms with van der Waals surface area (Å²) in [6.45, 7) is 7.86. The van der Waals surface area contributed by atoms with Crippen LogP contribution in [0.25, 0.3) is 0 Å². The van der Waals surface area contributed by atoms with Gasteiger partial charge in [-0.05, 0) is 61.6 Å². The predicted octanol–water partition coefficient (Wildman–Crippen LogP) is 5.47. The van der Waals surface area contributed by atoms with Crippen LogP contribution in [0, 0.1) is 12.8 Å². The lowest BCUT2D eigenvalue weighted by Crippen LogP contribution is -2.53. The van der Waals surface area contributed by atoms with E-state index in [0.29, 0.717) is 25.1 Å². The van der Waals surface area contributed by atoms with E-state index in [0.717, 1.165) is 15.4 Å². The Kier molecular flexibility index (Phi) is 11.8. The Hall–Kier alpha value is -3.56. The maximum absolute atomic E-state index is 14.1. The van der Waals surface area contributed by atoms with Gasteiger partial charge in [0, 0.05) is 13.1 Å². The number of benzene rings is 3. The van der Waals surface area contributed by atoms with Crippen LogP contribution in [-0.2, 0) is 26.0 Å². The lowest BCUT2D eigenvalue weighted by molar-refractivity contribution is -0.139. The SMILES string of the molecule is CCC(C(=O)NCC(C)C)N(CCc1ccccc1)C(=O)CN(c1ccc(OC)c(Cl)c1)S(=O)(=O)c1ccc(C)cc1. The van der Waals surface area contributed by atoms with E-state index in [1.165, 1.54) is 30.2 Å². The first-order valence-electron chi connectivity index (χ1n) is 14.0. The van der Waals surface area contributed by atoms with Gasteiger partial charge in [0.05, 0.1) is 22.7 Å². The van der Waals surface area contributed by atoms with E-state index in [9.17, 15) is 18.0 Å². The number of nitrogens with one attached hydrogen (secondary N) is 1. The highest BCUT2D eigenvalue weighted by Gasteiger charge is 2.33. The molecule has 1 unspecified atom stereocenters. The van der Waals surface area contributed by atoms with Crippen molar-refractivity contribution in [2.75, 3.05) is 31.0 Å². The van der Waals surface area contributed by atoms with Crippen LogP contribution in [0.2, 0.25) is 5.02 Å². The Bertz CT molecular complexity index is 1450. The number of anilines is 1. The summed E-state index contributed by atoms with van der Waals surface area (Å²) in [6.07, 6.45) is 0.864. The summed E-state index contributed by atoms with van der Waals surface area (Å²) in [5.41, 5.74) is 2.10. The number of carbonyl (C=O) groups excluding carboxylic acids is 2. The van der Waals surface area contributed by atoms with Gasteiger partial charge in [-0.1, -0.05) is 80.4 Å². The number of ether oxygens (including phenoxy) is 1. The van der Waals surface area contributed by atoms with Crippen molar-refractivity contribution in [2.45, 2.75) is 51.5 Å². The zero-order chi connectivity index (χ0) is 30.9. The largest absolute Gasteiger partial charge is 0.495 e. The molecule has 3 aromatic carbocycles. The molecule has 0 saturated carbocycles. The molecule has 1 atom stereocenters. The first-order chi connectivity index (χ1) is 20.0. The summed E-state index contributed by atoms with van der Waals surface area (Å²) >= 11 is 6.39.